The summed E-state index contributed by atoms with van der Waals surface area (Å²) >= 11 is 0. The Morgan fingerprint density at radius 3 is 3.00 bits per heavy atom. The monoisotopic (exact) mass is 190 g/mol. The maximum atomic E-state index is 3.58. The lowest BCUT2D eigenvalue weighted by atomic mass is 10.1. The molecule has 0 saturated heterocycles. The Balaban J connectivity index is 2.46. The Morgan fingerprint density at radius 2 is 2.21 bits per heavy atom. The zero-order chi connectivity index (χ0) is 10.1. The number of benzene rings is 1. The minimum atomic E-state index is 0.569. The van der Waals surface area contributed by atoms with Gasteiger partial charge < -0.3 is 10.2 Å². The van der Waals surface area contributed by atoms with Gasteiger partial charge in [-0.1, -0.05) is 12.1 Å². The maximum Gasteiger partial charge on any atom is 0.0609 e. The first-order chi connectivity index (χ1) is 6.68. The van der Waals surface area contributed by atoms with Crippen LogP contribution in [0.15, 0.2) is 18.2 Å². The summed E-state index contributed by atoms with van der Waals surface area (Å²) in [6.07, 6.45) is 1.20. The van der Waals surface area contributed by atoms with E-state index < -0.39 is 0 Å². The second-order valence-corrected chi connectivity index (χ2v) is 4.22. The van der Waals surface area contributed by atoms with E-state index in [9.17, 15) is 0 Å². The van der Waals surface area contributed by atoms with E-state index in [1.165, 1.54) is 23.4 Å². The molecule has 0 fully saturated rings. The highest BCUT2D eigenvalue weighted by atomic mass is 15.1. The van der Waals surface area contributed by atoms with Crippen LogP contribution in [-0.2, 0) is 0 Å². The molecule has 0 bridgehead atoms. The summed E-state index contributed by atoms with van der Waals surface area (Å²) in [5.41, 5.74) is 3.97. The van der Waals surface area contributed by atoms with Crippen molar-refractivity contribution in [1.29, 1.82) is 0 Å². The van der Waals surface area contributed by atoms with E-state index in [2.05, 4.69) is 49.3 Å². The Bertz CT molecular complexity index is 333. The third-order valence-corrected chi connectivity index (χ3v) is 2.95. The third kappa shape index (κ3) is 1.57. The first-order valence-electron chi connectivity index (χ1n) is 5.26. The van der Waals surface area contributed by atoms with E-state index in [1.807, 2.05) is 0 Å². The zero-order valence-electron chi connectivity index (χ0n) is 9.17. The highest BCUT2D eigenvalue weighted by Gasteiger charge is 2.16. The van der Waals surface area contributed by atoms with Gasteiger partial charge in [-0.2, -0.15) is 0 Å². The van der Waals surface area contributed by atoms with Gasteiger partial charge in [0.1, 0.15) is 0 Å². The third-order valence-electron chi connectivity index (χ3n) is 2.95. The van der Waals surface area contributed by atoms with Crippen LogP contribution in [0.25, 0.3) is 0 Å². The molecular formula is C12H18N2. The standard InChI is InChI=1S/C12H18N2/c1-9-5-4-6-11-12(9)13-10(2)7-8-14(11)3/h4-6,10,13H,7-8H2,1-3H3. The van der Waals surface area contributed by atoms with Gasteiger partial charge in [-0.25, -0.2) is 0 Å². The molecule has 2 rings (SSSR count). The lowest BCUT2D eigenvalue weighted by molar-refractivity contribution is 0.711. The number of hydrogen-bond acceptors (Lipinski definition) is 2. The van der Waals surface area contributed by atoms with Gasteiger partial charge in [0.15, 0.2) is 0 Å². The summed E-state index contributed by atoms with van der Waals surface area (Å²) in [4.78, 5) is 2.33. The SMILES string of the molecule is Cc1cccc2c1NC(C)CCN2C. The van der Waals surface area contributed by atoms with Crippen molar-refractivity contribution in [3.05, 3.63) is 23.8 Å². The second-order valence-electron chi connectivity index (χ2n) is 4.22. The molecule has 1 unspecified atom stereocenters. The first kappa shape index (κ1) is 9.38. The summed E-state index contributed by atoms with van der Waals surface area (Å²) in [7, 11) is 2.16. The molecule has 76 valence electrons. The average Bonchev–Trinajstić information content (AvgIpc) is 2.30. The lowest BCUT2D eigenvalue weighted by Gasteiger charge is -2.19. The number of aryl methyl sites for hydroxylation is 1. The van der Waals surface area contributed by atoms with Crippen LogP contribution in [0.5, 0.6) is 0 Å². The Labute approximate surface area is 85.9 Å². The van der Waals surface area contributed by atoms with Gasteiger partial charge in [0.2, 0.25) is 0 Å². The predicted molar refractivity (Wildman–Crippen MR) is 62.2 cm³/mol. The van der Waals surface area contributed by atoms with Crippen LogP contribution >= 0.6 is 0 Å². The quantitative estimate of drug-likeness (QED) is 0.676. The molecule has 14 heavy (non-hydrogen) atoms. The Hall–Kier alpha value is -1.18. The normalized spacial score (nSPS) is 21.1. The molecule has 1 aliphatic rings. The summed E-state index contributed by atoms with van der Waals surface area (Å²) in [6, 6.07) is 7.05. The Morgan fingerprint density at radius 1 is 1.43 bits per heavy atom. The highest BCUT2D eigenvalue weighted by Crippen LogP contribution is 2.31. The molecule has 1 aromatic carbocycles. The van der Waals surface area contributed by atoms with Crippen molar-refractivity contribution in [2.24, 2.45) is 0 Å². The molecule has 2 heteroatoms. The number of rotatable bonds is 0. The van der Waals surface area contributed by atoms with Crippen molar-refractivity contribution in [1.82, 2.24) is 0 Å². The van der Waals surface area contributed by atoms with Crippen LogP contribution in [0, 0.1) is 6.92 Å². The average molecular weight is 190 g/mol. The molecule has 0 radical (unpaired) electrons. The van der Waals surface area contributed by atoms with E-state index >= 15 is 0 Å². The highest BCUT2D eigenvalue weighted by molar-refractivity contribution is 5.74. The van der Waals surface area contributed by atoms with Crippen molar-refractivity contribution in [3.63, 3.8) is 0 Å². The maximum absolute atomic E-state index is 3.58. The molecule has 1 atom stereocenters. The summed E-state index contributed by atoms with van der Waals surface area (Å²) in [6.45, 7) is 5.54. The van der Waals surface area contributed by atoms with Crippen molar-refractivity contribution >= 4 is 11.4 Å². The minimum absolute atomic E-state index is 0.569. The van der Waals surface area contributed by atoms with E-state index in [-0.39, 0.29) is 0 Å². The molecule has 0 aromatic heterocycles. The van der Waals surface area contributed by atoms with E-state index in [0.29, 0.717) is 6.04 Å². The van der Waals surface area contributed by atoms with Crippen molar-refractivity contribution in [3.8, 4) is 0 Å². The molecule has 0 saturated carbocycles. The van der Waals surface area contributed by atoms with Crippen LogP contribution in [0.4, 0.5) is 11.4 Å². The second kappa shape index (κ2) is 3.52. The molecule has 1 heterocycles. The van der Waals surface area contributed by atoms with Crippen molar-refractivity contribution in [2.45, 2.75) is 26.3 Å². The first-order valence-corrected chi connectivity index (χ1v) is 5.26. The van der Waals surface area contributed by atoms with Crippen LogP contribution in [0.1, 0.15) is 18.9 Å². The number of hydrogen-bond donors (Lipinski definition) is 1. The molecular weight excluding hydrogens is 172 g/mol. The minimum Gasteiger partial charge on any atom is -0.381 e. The lowest BCUT2D eigenvalue weighted by Crippen LogP contribution is -2.19. The number of nitrogens with zero attached hydrogens (tertiary/aromatic N) is 1. The zero-order valence-corrected chi connectivity index (χ0v) is 9.17. The molecule has 1 N–H and O–H groups in total. The number of fused-ring (bicyclic) bond motifs is 1. The van der Waals surface area contributed by atoms with E-state index in [0.717, 1.165) is 6.54 Å². The smallest absolute Gasteiger partial charge is 0.0609 e. The number of nitrogens with one attached hydrogen (secondary N) is 1. The van der Waals surface area contributed by atoms with Gasteiger partial charge in [-0.05, 0) is 31.9 Å². The van der Waals surface area contributed by atoms with Crippen molar-refractivity contribution < 1.29 is 0 Å². The van der Waals surface area contributed by atoms with Gasteiger partial charge in [0, 0.05) is 19.6 Å². The van der Waals surface area contributed by atoms with Gasteiger partial charge in [-0.15, -0.1) is 0 Å². The number of para-hydroxylation sites is 1. The molecule has 2 nitrogen and oxygen atoms in total. The molecule has 1 aliphatic heterocycles. The van der Waals surface area contributed by atoms with Crippen LogP contribution < -0.4 is 10.2 Å². The van der Waals surface area contributed by atoms with Crippen LogP contribution in [-0.4, -0.2) is 19.6 Å². The fourth-order valence-corrected chi connectivity index (χ4v) is 1.98. The fourth-order valence-electron chi connectivity index (χ4n) is 1.98. The van der Waals surface area contributed by atoms with Crippen molar-refractivity contribution in [2.75, 3.05) is 23.8 Å². The van der Waals surface area contributed by atoms with Crippen LogP contribution in [0.3, 0.4) is 0 Å². The largest absolute Gasteiger partial charge is 0.381 e. The van der Waals surface area contributed by atoms with E-state index in [4.69, 9.17) is 0 Å². The topological polar surface area (TPSA) is 15.3 Å². The molecule has 0 aliphatic carbocycles. The summed E-state index contributed by atoms with van der Waals surface area (Å²) in [5.74, 6) is 0. The molecule has 0 spiro atoms. The predicted octanol–water partition coefficient (Wildman–Crippen LogP) is 2.64. The fraction of sp³-hybridized carbons (Fsp3) is 0.500. The molecule has 1 aromatic rings. The summed E-state index contributed by atoms with van der Waals surface area (Å²) in [5, 5.41) is 3.58. The van der Waals surface area contributed by atoms with Gasteiger partial charge in [0.05, 0.1) is 11.4 Å². The van der Waals surface area contributed by atoms with Gasteiger partial charge >= 0.3 is 0 Å². The van der Waals surface area contributed by atoms with Crippen LogP contribution in [0.2, 0.25) is 0 Å². The van der Waals surface area contributed by atoms with Gasteiger partial charge in [0.25, 0.3) is 0 Å². The Kier molecular flexibility index (Phi) is 2.36. The van der Waals surface area contributed by atoms with E-state index in [1.54, 1.807) is 0 Å². The van der Waals surface area contributed by atoms with Gasteiger partial charge in [-0.3, -0.25) is 0 Å². The molecule has 0 amide bonds. The summed E-state index contributed by atoms with van der Waals surface area (Å²) < 4.78 is 0. The number of anilines is 2.